The summed E-state index contributed by atoms with van der Waals surface area (Å²) in [6, 6.07) is 11.6. The minimum Gasteiger partial charge on any atom is -0.508 e. The second-order valence-electron chi connectivity index (χ2n) is 3.93. The third-order valence-electron chi connectivity index (χ3n) is 2.53. The minimum absolute atomic E-state index is 0.0659. The van der Waals surface area contributed by atoms with Crippen LogP contribution in [-0.2, 0) is 5.75 Å². The molecule has 0 aliphatic rings. The smallest absolute Gasteiger partial charge is 0.292 e. The lowest BCUT2D eigenvalue weighted by Crippen LogP contribution is -1.96. The molecule has 0 spiro atoms. The van der Waals surface area contributed by atoms with Gasteiger partial charge in [-0.15, -0.1) is 11.8 Å². The van der Waals surface area contributed by atoms with Gasteiger partial charge in [0.05, 0.1) is 4.92 Å². The standard InChI is InChI=1S/C13H12N2O3S/c14-12-6-1-9(7-13(12)15(17)18)8-19-11-4-2-10(16)3-5-11/h1-7,16H,8,14H2. The molecule has 2 rings (SSSR count). The molecule has 0 radical (unpaired) electrons. The second-order valence-corrected chi connectivity index (χ2v) is 4.98. The number of nitrogens with zero attached hydrogens (tertiary/aromatic N) is 1. The molecule has 0 unspecified atom stereocenters. The van der Waals surface area contributed by atoms with E-state index in [9.17, 15) is 15.2 Å². The van der Waals surface area contributed by atoms with Gasteiger partial charge in [0.25, 0.3) is 5.69 Å². The average molecular weight is 276 g/mol. The van der Waals surface area contributed by atoms with Crippen molar-refractivity contribution in [2.24, 2.45) is 0 Å². The van der Waals surface area contributed by atoms with E-state index in [4.69, 9.17) is 5.73 Å². The lowest BCUT2D eigenvalue weighted by atomic mass is 10.2. The Morgan fingerprint density at radius 2 is 1.89 bits per heavy atom. The van der Waals surface area contributed by atoms with Crippen LogP contribution >= 0.6 is 11.8 Å². The Labute approximate surface area is 114 Å². The summed E-state index contributed by atoms with van der Waals surface area (Å²) in [5.41, 5.74) is 6.47. The molecule has 19 heavy (non-hydrogen) atoms. The van der Waals surface area contributed by atoms with Gasteiger partial charge in [-0.2, -0.15) is 0 Å². The summed E-state index contributed by atoms with van der Waals surface area (Å²) in [5, 5.41) is 19.9. The molecule has 0 saturated carbocycles. The highest BCUT2D eigenvalue weighted by molar-refractivity contribution is 7.98. The number of nitrogens with two attached hydrogens (primary N) is 1. The van der Waals surface area contributed by atoms with Crippen molar-refractivity contribution in [1.29, 1.82) is 0 Å². The van der Waals surface area contributed by atoms with E-state index in [1.807, 2.05) is 0 Å². The maximum absolute atomic E-state index is 10.8. The number of nitro benzene ring substituents is 1. The Balaban J connectivity index is 2.09. The third-order valence-corrected chi connectivity index (χ3v) is 3.62. The molecule has 2 aromatic carbocycles. The quantitative estimate of drug-likeness (QED) is 0.387. The highest BCUT2D eigenvalue weighted by Gasteiger charge is 2.11. The van der Waals surface area contributed by atoms with Crippen LogP contribution in [-0.4, -0.2) is 10.0 Å². The largest absolute Gasteiger partial charge is 0.508 e. The molecule has 0 aliphatic carbocycles. The Morgan fingerprint density at radius 1 is 1.21 bits per heavy atom. The van der Waals surface area contributed by atoms with Crippen molar-refractivity contribution in [2.45, 2.75) is 10.6 Å². The molecule has 6 heteroatoms. The number of benzene rings is 2. The summed E-state index contributed by atoms with van der Waals surface area (Å²) in [5.74, 6) is 0.818. The van der Waals surface area contributed by atoms with Crippen molar-refractivity contribution in [3.63, 3.8) is 0 Å². The Bertz CT molecular complexity index is 599. The number of hydrogen-bond donors (Lipinski definition) is 2. The van der Waals surface area contributed by atoms with Gasteiger partial charge >= 0.3 is 0 Å². The molecular formula is C13H12N2O3S. The molecule has 0 aromatic heterocycles. The van der Waals surface area contributed by atoms with E-state index < -0.39 is 4.92 Å². The van der Waals surface area contributed by atoms with E-state index in [0.29, 0.717) is 5.75 Å². The number of nitro groups is 1. The van der Waals surface area contributed by atoms with Gasteiger partial charge in [-0.1, -0.05) is 6.07 Å². The number of phenols is 1. The molecule has 5 nitrogen and oxygen atoms in total. The molecule has 0 aliphatic heterocycles. The van der Waals surface area contributed by atoms with Crippen molar-refractivity contribution >= 4 is 23.1 Å². The number of aromatic hydroxyl groups is 1. The lowest BCUT2D eigenvalue weighted by Gasteiger charge is -2.04. The molecule has 0 heterocycles. The van der Waals surface area contributed by atoms with Crippen LogP contribution in [0.4, 0.5) is 11.4 Å². The fourth-order valence-corrected chi connectivity index (χ4v) is 2.39. The van der Waals surface area contributed by atoms with Crippen molar-refractivity contribution in [1.82, 2.24) is 0 Å². The van der Waals surface area contributed by atoms with E-state index in [1.54, 1.807) is 36.4 Å². The zero-order valence-electron chi connectivity index (χ0n) is 9.95. The van der Waals surface area contributed by atoms with E-state index in [2.05, 4.69) is 0 Å². The van der Waals surface area contributed by atoms with E-state index in [1.165, 1.54) is 17.8 Å². The lowest BCUT2D eigenvalue weighted by molar-refractivity contribution is -0.383. The minimum atomic E-state index is -0.482. The predicted octanol–water partition coefficient (Wildman–Crippen LogP) is 3.17. The van der Waals surface area contributed by atoms with Crippen molar-refractivity contribution in [2.75, 3.05) is 5.73 Å². The molecule has 0 atom stereocenters. The summed E-state index contributed by atoms with van der Waals surface area (Å²) >= 11 is 1.53. The van der Waals surface area contributed by atoms with Crippen LogP contribution in [0, 0.1) is 10.1 Å². The van der Waals surface area contributed by atoms with Gasteiger partial charge in [0.1, 0.15) is 11.4 Å². The highest BCUT2D eigenvalue weighted by atomic mass is 32.2. The third kappa shape index (κ3) is 3.38. The van der Waals surface area contributed by atoms with Gasteiger partial charge < -0.3 is 10.8 Å². The van der Waals surface area contributed by atoms with Crippen LogP contribution in [0.5, 0.6) is 5.75 Å². The number of thioether (sulfide) groups is 1. The Kier molecular flexibility index (Phi) is 3.91. The average Bonchev–Trinajstić information content (AvgIpc) is 2.39. The first kappa shape index (κ1) is 13.2. The van der Waals surface area contributed by atoms with Gasteiger partial charge in [-0.05, 0) is 35.9 Å². The number of nitrogen functional groups attached to an aromatic ring is 1. The van der Waals surface area contributed by atoms with Crippen molar-refractivity contribution in [3.05, 3.63) is 58.1 Å². The summed E-state index contributed by atoms with van der Waals surface area (Å²) in [4.78, 5) is 11.3. The van der Waals surface area contributed by atoms with Crippen LogP contribution in [0.25, 0.3) is 0 Å². The Morgan fingerprint density at radius 3 is 2.53 bits per heavy atom. The molecule has 0 bridgehead atoms. The topological polar surface area (TPSA) is 89.4 Å². The van der Waals surface area contributed by atoms with Crippen LogP contribution in [0.3, 0.4) is 0 Å². The summed E-state index contributed by atoms with van der Waals surface area (Å²) < 4.78 is 0. The highest BCUT2D eigenvalue weighted by Crippen LogP contribution is 2.28. The van der Waals surface area contributed by atoms with Crippen LogP contribution in [0.15, 0.2) is 47.4 Å². The SMILES string of the molecule is Nc1ccc(CSc2ccc(O)cc2)cc1[N+](=O)[O-]. The first-order valence-corrected chi connectivity index (χ1v) is 6.49. The van der Waals surface area contributed by atoms with Crippen molar-refractivity contribution in [3.8, 4) is 5.75 Å². The first-order chi connectivity index (χ1) is 9.06. The normalized spacial score (nSPS) is 10.3. The fraction of sp³-hybridized carbons (Fsp3) is 0.0769. The molecular weight excluding hydrogens is 264 g/mol. The maximum atomic E-state index is 10.8. The van der Waals surface area contributed by atoms with Crippen molar-refractivity contribution < 1.29 is 10.0 Å². The van der Waals surface area contributed by atoms with Crippen LogP contribution in [0.2, 0.25) is 0 Å². The summed E-state index contributed by atoms with van der Waals surface area (Å²) in [7, 11) is 0. The monoisotopic (exact) mass is 276 g/mol. The molecule has 0 saturated heterocycles. The predicted molar refractivity (Wildman–Crippen MR) is 75.2 cm³/mol. The van der Waals surface area contributed by atoms with E-state index in [0.717, 1.165) is 10.5 Å². The zero-order chi connectivity index (χ0) is 13.8. The first-order valence-electron chi connectivity index (χ1n) is 5.51. The molecule has 3 N–H and O–H groups in total. The van der Waals surface area contributed by atoms with Gasteiger partial charge in [0, 0.05) is 16.7 Å². The summed E-state index contributed by atoms with van der Waals surface area (Å²) in [6.07, 6.45) is 0. The summed E-state index contributed by atoms with van der Waals surface area (Å²) in [6.45, 7) is 0. The van der Waals surface area contributed by atoms with Gasteiger partial charge in [-0.25, -0.2) is 0 Å². The number of phenolic OH excluding ortho intramolecular Hbond substituents is 1. The number of anilines is 1. The molecule has 98 valence electrons. The van der Waals surface area contributed by atoms with Gasteiger partial charge in [0.15, 0.2) is 0 Å². The van der Waals surface area contributed by atoms with Gasteiger partial charge in [0.2, 0.25) is 0 Å². The number of rotatable bonds is 4. The molecule has 0 fully saturated rings. The van der Waals surface area contributed by atoms with Crippen LogP contribution in [0.1, 0.15) is 5.56 Å². The maximum Gasteiger partial charge on any atom is 0.292 e. The zero-order valence-corrected chi connectivity index (χ0v) is 10.8. The second kappa shape index (κ2) is 5.62. The van der Waals surface area contributed by atoms with E-state index >= 15 is 0 Å². The van der Waals surface area contributed by atoms with Crippen LogP contribution < -0.4 is 5.73 Å². The number of hydrogen-bond acceptors (Lipinski definition) is 5. The fourth-order valence-electron chi connectivity index (χ4n) is 1.55. The van der Waals surface area contributed by atoms with E-state index in [-0.39, 0.29) is 17.1 Å². The van der Waals surface area contributed by atoms with Gasteiger partial charge in [-0.3, -0.25) is 10.1 Å². The molecule has 2 aromatic rings. The Hall–Kier alpha value is -2.21. The molecule has 0 amide bonds.